The Morgan fingerprint density at radius 3 is 1.03 bits per heavy atom. The molecule has 0 atom stereocenters. The van der Waals surface area contributed by atoms with Gasteiger partial charge in [0.25, 0.3) is 0 Å². The fourth-order valence-electron chi connectivity index (χ4n) is 10.5. The van der Waals surface area contributed by atoms with Gasteiger partial charge in [0.2, 0.25) is 0 Å². The number of ether oxygens (including phenoxy) is 2. The van der Waals surface area contributed by atoms with E-state index in [1.165, 1.54) is 38.5 Å². The van der Waals surface area contributed by atoms with Crippen LogP contribution >= 0.6 is 0 Å². The summed E-state index contributed by atoms with van der Waals surface area (Å²) in [4.78, 5) is 25.6. The highest BCUT2D eigenvalue weighted by Crippen LogP contribution is 2.58. The van der Waals surface area contributed by atoms with Crippen molar-refractivity contribution in [3.05, 3.63) is 0 Å². The molecule has 6 nitrogen and oxygen atoms in total. The number of amides is 2. The average Bonchev–Trinajstić information content (AvgIpc) is 2.72. The van der Waals surface area contributed by atoms with Gasteiger partial charge in [-0.25, -0.2) is 9.59 Å². The topological polar surface area (TPSA) is 76.7 Å². The number of rotatable bonds is 4. The summed E-state index contributed by atoms with van der Waals surface area (Å²) in [6.45, 7) is 0. The van der Waals surface area contributed by atoms with E-state index in [1.807, 2.05) is 0 Å². The van der Waals surface area contributed by atoms with Gasteiger partial charge in [0.1, 0.15) is 11.2 Å². The summed E-state index contributed by atoms with van der Waals surface area (Å²) in [5.74, 6) is 4.66. The molecule has 0 spiro atoms. The van der Waals surface area contributed by atoms with Gasteiger partial charge < -0.3 is 20.1 Å². The van der Waals surface area contributed by atoms with Gasteiger partial charge in [0, 0.05) is 12.1 Å². The quantitative estimate of drug-likeness (QED) is 0.554. The van der Waals surface area contributed by atoms with Crippen molar-refractivity contribution in [2.75, 3.05) is 0 Å². The van der Waals surface area contributed by atoms with Crippen molar-refractivity contribution < 1.29 is 19.1 Å². The van der Waals surface area contributed by atoms with Crippen molar-refractivity contribution in [1.29, 1.82) is 0 Å². The monoisotopic (exact) mass is 470 g/mol. The summed E-state index contributed by atoms with van der Waals surface area (Å²) >= 11 is 0. The van der Waals surface area contributed by atoms with Gasteiger partial charge in [0.15, 0.2) is 0 Å². The summed E-state index contributed by atoms with van der Waals surface area (Å²) in [6, 6.07) is 0.303. The van der Waals surface area contributed by atoms with E-state index in [2.05, 4.69) is 10.6 Å². The zero-order chi connectivity index (χ0) is 22.9. The molecular formula is C28H42N2O4. The molecule has 0 radical (unpaired) electrons. The van der Waals surface area contributed by atoms with Gasteiger partial charge in [-0.1, -0.05) is 0 Å². The second kappa shape index (κ2) is 8.03. The van der Waals surface area contributed by atoms with E-state index in [4.69, 9.17) is 9.47 Å². The molecule has 0 heterocycles. The van der Waals surface area contributed by atoms with Crippen molar-refractivity contribution in [1.82, 2.24) is 10.6 Å². The fourth-order valence-corrected chi connectivity index (χ4v) is 10.5. The SMILES string of the molecule is O=C(NC1CCC(NC(=O)OC23CC4CC(CC(C4)C2)C3)CC1)OC12CC3CC(CC(C3)C1)C2. The number of carbonyl (C=O) groups is 2. The number of hydrogen-bond acceptors (Lipinski definition) is 4. The molecule has 188 valence electrons. The normalized spacial score (nSPS) is 50.1. The van der Waals surface area contributed by atoms with Gasteiger partial charge in [-0.15, -0.1) is 0 Å². The van der Waals surface area contributed by atoms with Crippen LogP contribution in [0.2, 0.25) is 0 Å². The van der Waals surface area contributed by atoms with Gasteiger partial charge in [0.05, 0.1) is 0 Å². The number of nitrogens with one attached hydrogen (secondary N) is 2. The van der Waals surface area contributed by atoms with Crippen LogP contribution in [-0.4, -0.2) is 35.5 Å². The molecule has 9 aliphatic rings. The highest BCUT2D eigenvalue weighted by atomic mass is 16.6. The molecule has 0 unspecified atom stereocenters. The first-order chi connectivity index (χ1) is 16.4. The Bertz CT molecular complexity index is 694. The van der Waals surface area contributed by atoms with E-state index < -0.39 is 0 Å². The molecule has 9 fully saturated rings. The number of carbonyl (C=O) groups excluding carboxylic acids is 2. The molecule has 0 aromatic rings. The third-order valence-corrected chi connectivity index (χ3v) is 11.0. The van der Waals surface area contributed by atoms with Crippen molar-refractivity contribution in [3.63, 3.8) is 0 Å². The zero-order valence-corrected chi connectivity index (χ0v) is 20.6. The second-order valence-corrected chi connectivity index (χ2v) is 13.8. The highest BCUT2D eigenvalue weighted by Gasteiger charge is 2.54. The van der Waals surface area contributed by atoms with E-state index in [1.54, 1.807) is 0 Å². The number of alkyl carbamates (subject to hydrolysis) is 2. The van der Waals surface area contributed by atoms with Crippen molar-refractivity contribution in [2.24, 2.45) is 35.5 Å². The maximum absolute atomic E-state index is 12.8. The maximum atomic E-state index is 12.8. The lowest BCUT2D eigenvalue weighted by molar-refractivity contribution is -0.128. The Hall–Kier alpha value is -1.46. The van der Waals surface area contributed by atoms with E-state index in [9.17, 15) is 9.59 Å². The lowest BCUT2D eigenvalue weighted by atomic mass is 9.54. The molecule has 8 bridgehead atoms. The van der Waals surface area contributed by atoms with E-state index in [0.717, 1.165) is 99.7 Å². The van der Waals surface area contributed by atoms with Gasteiger partial charge in [-0.3, -0.25) is 0 Å². The zero-order valence-electron chi connectivity index (χ0n) is 20.6. The first-order valence-corrected chi connectivity index (χ1v) is 14.4. The van der Waals surface area contributed by atoms with Crippen LogP contribution in [0.15, 0.2) is 0 Å². The molecule has 6 heteroatoms. The first kappa shape index (κ1) is 21.8. The Balaban J connectivity index is 0.864. The smallest absolute Gasteiger partial charge is 0.407 e. The van der Waals surface area contributed by atoms with Crippen LogP contribution in [0.25, 0.3) is 0 Å². The van der Waals surface area contributed by atoms with Crippen LogP contribution in [0.3, 0.4) is 0 Å². The third kappa shape index (κ3) is 4.11. The molecule has 34 heavy (non-hydrogen) atoms. The van der Waals surface area contributed by atoms with E-state index >= 15 is 0 Å². The predicted molar refractivity (Wildman–Crippen MR) is 127 cm³/mol. The Kier molecular flexibility index (Phi) is 5.14. The summed E-state index contributed by atoms with van der Waals surface area (Å²) in [5, 5.41) is 6.33. The largest absolute Gasteiger partial charge is 0.443 e. The fraction of sp³-hybridized carbons (Fsp3) is 0.929. The van der Waals surface area contributed by atoms with Gasteiger partial charge in [-0.05, 0) is 138 Å². The molecule has 2 N–H and O–H groups in total. The molecular weight excluding hydrogens is 428 g/mol. The van der Waals surface area contributed by atoms with Crippen molar-refractivity contribution >= 4 is 12.2 Å². The summed E-state index contributed by atoms with van der Waals surface area (Å²) < 4.78 is 12.3. The number of hydrogen-bond donors (Lipinski definition) is 2. The molecule has 9 aliphatic carbocycles. The maximum Gasteiger partial charge on any atom is 0.407 e. The summed E-state index contributed by atoms with van der Waals surface area (Å²) in [6.07, 6.45) is 17.7. The van der Waals surface area contributed by atoms with Crippen molar-refractivity contribution in [2.45, 2.75) is 126 Å². The van der Waals surface area contributed by atoms with Gasteiger partial charge >= 0.3 is 12.2 Å². The van der Waals surface area contributed by atoms with Gasteiger partial charge in [-0.2, -0.15) is 0 Å². The Labute approximate surface area is 203 Å². The molecule has 0 saturated heterocycles. The second-order valence-electron chi connectivity index (χ2n) is 13.8. The minimum atomic E-state index is -0.209. The molecule has 2 amide bonds. The van der Waals surface area contributed by atoms with Crippen LogP contribution in [0, 0.1) is 35.5 Å². The minimum Gasteiger partial charge on any atom is -0.443 e. The lowest BCUT2D eigenvalue weighted by Crippen LogP contribution is -2.55. The highest BCUT2D eigenvalue weighted by molar-refractivity contribution is 5.69. The summed E-state index contributed by atoms with van der Waals surface area (Å²) in [7, 11) is 0. The van der Waals surface area contributed by atoms with Crippen molar-refractivity contribution in [3.8, 4) is 0 Å². The molecule has 0 aliphatic heterocycles. The summed E-state index contributed by atoms with van der Waals surface area (Å²) in [5.41, 5.74) is -0.364. The Morgan fingerprint density at radius 2 is 0.765 bits per heavy atom. The van der Waals surface area contributed by atoms with E-state index in [0.29, 0.717) is 0 Å². The molecule has 0 aromatic carbocycles. The molecule has 9 rings (SSSR count). The van der Waals surface area contributed by atoms with Crippen LogP contribution < -0.4 is 10.6 Å². The predicted octanol–water partition coefficient (Wildman–Crippen LogP) is 5.69. The van der Waals surface area contributed by atoms with Crippen LogP contribution in [0.4, 0.5) is 9.59 Å². The first-order valence-electron chi connectivity index (χ1n) is 14.4. The molecule has 0 aromatic heterocycles. The standard InChI is InChI=1S/C28H42N2O4/c31-25(33-27-11-17-5-18(12-27)7-19(6-17)13-27)29-23-1-2-24(4-3-23)30-26(32)34-28-14-20-8-21(15-28)10-22(9-20)16-28/h17-24H,1-16H2,(H,29,31)(H,30,32). The van der Waals surface area contributed by atoms with Crippen LogP contribution in [-0.2, 0) is 9.47 Å². The van der Waals surface area contributed by atoms with Crippen LogP contribution in [0.5, 0.6) is 0 Å². The third-order valence-electron chi connectivity index (χ3n) is 11.0. The van der Waals surface area contributed by atoms with E-state index in [-0.39, 0.29) is 35.5 Å². The average molecular weight is 471 g/mol. The minimum absolute atomic E-state index is 0.152. The molecule has 9 saturated carbocycles. The van der Waals surface area contributed by atoms with Crippen LogP contribution in [0.1, 0.15) is 103 Å². The Morgan fingerprint density at radius 1 is 0.500 bits per heavy atom. The lowest BCUT2D eigenvalue weighted by Gasteiger charge is -2.55.